The fourth-order valence-electron chi connectivity index (χ4n) is 2.04. The Morgan fingerprint density at radius 3 is 2.71 bits per heavy atom. The average Bonchev–Trinajstić information content (AvgIpc) is 2.47. The van der Waals surface area contributed by atoms with Crippen LogP contribution in [-0.2, 0) is 11.3 Å². The lowest BCUT2D eigenvalue weighted by Gasteiger charge is -2.20. The van der Waals surface area contributed by atoms with E-state index in [0.717, 1.165) is 11.3 Å². The molecule has 0 spiro atoms. The Kier molecular flexibility index (Phi) is 3.90. The summed E-state index contributed by atoms with van der Waals surface area (Å²) in [5.74, 6) is 0.429. The van der Waals surface area contributed by atoms with Gasteiger partial charge in [0, 0.05) is 17.6 Å². The van der Waals surface area contributed by atoms with E-state index in [0.29, 0.717) is 28.0 Å². The molecule has 2 aromatic rings. The summed E-state index contributed by atoms with van der Waals surface area (Å²) in [6.45, 7) is 0.632. The number of hydrogen-bond donors (Lipinski definition) is 2. The van der Waals surface area contributed by atoms with Gasteiger partial charge in [0.15, 0.2) is 6.61 Å². The van der Waals surface area contributed by atoms with Crippen LogP contribution in [0.1, 0.15) is 5.56 Å². The van der Waals surface area contributed by atoms with Crippen molar-refractivity contribution in [2.45, 2.75) is 6.54 Å². The predicted octanol–water partition coefficient (Wildman–Crippen LogP) is 3.94. The molecule has 0 saturated carbocycles. The van der Waals surface area contributed by atoms with Crippen molar-refractivity contribution in [3.05, 3.63) is 52.0 Å². The number of carbonyl (C=O) groups is 1. The van der Waals surface area contributed by atoms with Gasteiger partial charge in [0.2, 0.25) is 0 Å². The van der Waals surface area contributed by atoms with Gasteiger partial charge < -0.3 is 15.4 Å². The van der Waals surface area contributed by atoms with Gasteiger partial charge in [-0.25, -0.2) is 0 Å². The molecular weight excluding hydrogens is 311 g/mol. The van der Waals surface area contributed by atoms with E-state index in [9.17, 15) is 4.79 Å². The van der Waals surface area contributed by atoms with E-state index in [-0.39, 0.29) is 12.5 Å². The van der Waals surface area contributed by atoms with Crippen LogP contribution in [0.5, 0.6) is 5.75 Å². The molecule has 108 valence electrons. The third kappa shape index (κ3) is 3.23. The number of nitrogens with one attached hydrogen (secondary N) is 2. The summed E-state index contributed by atoms with van der Waals surface area (Å²) >= 11 is 12.1. The minimum atomic E-state index is -0.180. The van der Waals surface area contributed by atoms with Gasteiger partial charge in [0.25, 0.3) is 5.91 Å². The molecular formula is C15H12Cl2N2O2. The van der Waals surface area contributed by atoms with Crippen molar-refractivity contribution >= 4 is 40.5 Å². The van der Waals surface area contributed by atoms with Crippen LogP contribution in [0.4, 0.5) is 11.4 Å². The fraction of sp³-hybridized carbons (Fsp3) is 0.133. The Morgan fingerprint density at radius 1 is 1.19 bits per heavy atom. The molecule has 1 amide bonds. The van der Waals surface area contributed by atoms with E-state index >= 15 is 0 Å². The molecule has 0 saturated heterocycles. The molecule has 0 radical (unpaired) electrons. The second-order valence-electron chi connectivity index (χ2n) is 4.65. The number of anilines is 2. The van der Waals surface area contributed by atoms with Crippen LogP contribution < -0.4 is 15.4 Å². The first-order chi connectivity index (χ1) is 10.1. The number of hydrogen-bond acceptors (Lipinski definition) is 3. The summed E-state index contributed by atoms with van der Waals surface area (Å²) in [4.78, 5) is 11.3. The highest BCUT2D eigenvalue weighted by Crippen LogP contribution is 2.36. The molecule has 1 aliphatic heterocycles. The van der Waals surface area contributed by atoms with Crippen molar-refractivity contribution in [3.63, 3.8) is 0 Å². The number of rotatable bonds is 3. The van der Waals surface area contributed by atoms with Gasteiger partial charge in [-0.2, -0.15) is 0 Å². The Balaban J connectivity index is 1.76. The Hall–Kier alpha value is -1.91. The molecule has 6 heteroatoms. The quantitative estimate of drug-likeness (QED) is 0.900. The van der Waals surface area contributed by atoms with Crippen molar-refractivity contribution in [1.29, 1.82) is 0 Å². The van der Waals surface area contributed by atoms with Gasteiger partial charge in [0.1, 0.15) is 5.75 Å². The standard InChI is InChI=1S/C15H12Cl2N2O2/c16-10-3-1-9(2-4-10)7-18-12-6-14-13(5-11(12)17)19-15(20)8-21-14/h1-6,18H,7-8H2,(H,19,20). The summed E-state index contributed by atoms with van der Waals surface area (Å²) in [5.41, 5.74) is 2.43. The largest absolute Gasteiger partial charge is 0.482 e. The normalized spacial score (nSPS) is 13.1. The first kappa shape index (κ1) is 14.0. The second kappa shape index (κ2) is 5.84. The van der Waals surface area contributed by atoms with E-state index in [2.05, 4.69) is 10.6 Å². The maximum Gasteiger partial charge on any atom is 0.262 e. The molecule has 3 rings (SSSR count). The highest BCUT2D eigenvalue weighted by molar-refractivity contribution is 6.33. The van der Waals surface area contributed by atoms with Gasteiger partial charge in [-0.1, -0.05) is 35.3 Å². The van der Waals surface area contributed by atoms with Crippen LogP contribution in [0.15, 0.2) is 36.4 Å². The van der Waals surface area contributed by atoms with Crippen molar-refractivity contribution < 1.29 is 9.53 Å². The Labute approximate surface area is 132 Å². The van der Waals surface area contributed by atoms with Crippen LogP contribution in [0.25, 0.3) is 0 Å². The summed E-state index contributed by atoms with van der Waals surface area (Å²) in [7, 11) is 0. The number of ether oxygens (including phenoxy) is 1. The van der Waals surface area contributed by atoms with Gasteiger partial charge >= 0.3 is 0 Å². The molecule has 0 aliphatic carbocycles. The number of halogens is 2. The third-order valence-corrected chi connectivity index (χ3v) is 3.66. The average molecular weight is 323 g/mol. The van der Waals surface area contributed by atoms with E-state index < -0.39 is 0 Å². The van der Waals surface area contributed by atoms with Crippen molar-refractivity contribution in [1.82, 2.24) is 0 Å². The zero-order valence-electron chi connectivity index (χ0n) is 11.0. The van der Waals surface area contributed by atoms with Crippen LogP contribution >= 0.6 is 23.2 Å². The monoisotopic (exact) mass is 322 g/mol. The predicted molar refractivity (Wildman–Crippen MR) is 84.4 cm³/mol. The van der Waals surface area contributed by atoms with Gasteiger partial charge in [0.05, 0.1) is 16.4 Å². The maximum atomic E-state index is 11.3. The van der Waals surface area contributed by atoms with Gasteiger partial charge in [-0.3, -0.25) is 4.79 Å². The summed E-state index contributed by atoms with van der Waals surface area (Å²) < 4.78 is 5.37. The lowest BCUT2D eigenvalue weighted by Crippen LogP contribution is -2.25. The first-order valence-electron chi connectivity index (χ1n) is 6.36. The molecule has 1 aliphatic rings. The van der Waals surface area contributed by atoms with Gasteiger partial charge in [-0.05, 0) is 23.8 Å². The topological polar surface area (TPSA) is 50.4 Å². The fourth-order valence-corrected chi connectivity index (χ4v) is 2.39. The summed E-state index contributed by atoms with van der Waals surface area (Å²) in [6.07, 6.45) is 0. The van der Waals surface area contributed by atoms with E-state index in [1.807, 2.05) is 24.3 Å². The van der Waals surface area contributed by atoms with Crippen LogP contribution in [0.3, 0.4) is 0 Å². The molecule has 1 heterocycles. The van der Waals surface area contributed by atoms with Crippen molar-refractivity contribution in [2.24, 2.45) is 0 Å². The van der Waals surface area contributed by atoms with Crippen LogP contribution in [-0.4, -0.2) is 12.5 Å². The zero-order valence-corrected chi connectivity index (χ0v) is 12.5. The molecule has 0 aromatic heterocycles. The highest BCUT2D eigenvalue weighted by Gasteiger charge is 2.18. The number of carbonyl (C=O) groups excluding carboxylic acids is 1. The molecule has 0 bridgehead atoms. The molecule has 0 atom stereocenters. The van der Waals surface area contributed by atoms with Crippen LogP contribution in [0.2, 0.25) is 10.0 Å². The van der Waals surface area contributed by atoms with Gasteiger partial charge in [-0.15, -0.1) is 0 Å². The van der Waals surface area contributed by atoms with E-state index in [1.54, 1.807) is 12.1 Å². The second-order valence-corrected chi connectivity index (χ2v) is 5.49. The molecule has 4 nitrogen and oxygen atoms in total. The first-order valence-corrected chi connectivity index (χ1v) is 7.12. The molecule has 2 N–H and O–H groups in total. The van der Waals surface area contributed by atoms with Crippen LogP contribution in [0, 0.1) is 0 Å². The minimum absolute atomic E-state index is 0.0191. The zero-order chi connectivity index (χ0) is 14.8. The smallest absolute Gasteiger partial charge is 0.262 e. The number of amides is 1. The summed E-state index contributed by atoms with van der Waals surface area (Å²) in [6, 6.07) is 11.0. The van der Waals surface area contributed by atoms with E-state index in [4.69, 9.17) is 27.9 Å². The lowest BCUT2D eigenvalue weighted by atomic mass is 10.2. The molecule has 0 fully saturated rings. The maximum absolute atomic E-state index is 11.3. The lowest BCUT2D eigenvalue weighted by molar-refractivity contribution is -0.118. The summed E-state index contributed by atoms with van der Waals surface area (Å²) in [5, 5.41) is 7.18. The number of benzene rings is 2. The Bertz CT molecular complexity index is 687. The van der Waals surface area contributed by atoms with Crippen molar-refractivity contribution in [3.8, 4) is 5.75 Å². The third-order valence-electron chi connectivity index (χ3n) is 3.10. The Morgan fingerprint density at radius 2 is 1.95 bits per heavy atom. The SMILES string of the molecule is O=C1COc2cc(NCc3ccc(Cl)cc3)c(Cl)cc2N1. The molecule has 0 unspecified atom stereocenters. The van der Waals surface area contributed by atoms with E-state index in [1.165, 1.54) is 0 Å². The minimum Gasteiger partial charge on any atom is -0.482 e. The van der Waals surface area contributed by atoms with Crippen molar-refractivity contribution in [2.75, 3.05) is 17.2 Å². The highest BCUT2D eigenvalue weighted by atomic mass is 35.5. The molecule has 2 aromatic carbocycles. The molecule has 21 heavy (non-hydrogen) atoms. The number of fused-ring (bicyclic) bond motifs is 1.